The van der Waals surface area contributed by atoms with Crippen LogP contribution in [0.3, 0.4) is 0 Å². The molecule has 1 heterocycles. The van der Waals surface area contributed by atoms with E-state index in [4.69, 9.17) is 5.26 Å². The number of hydrogen-bond acceptors (Lipinski definition) is 4. The highest BCUT2D eigenvalue weighted by Crippen LogP contribution is 2.34. The van der Waals surface area contributed by atoms with Gasteiger partial charge in [-0.15, -0.1) is 0 Å². The van der Waals surface area contributed by atoms with Crippen molar-refractivity contribution in [3.05, 3.63) is 29.8 Å². The number of benzene rings is 1. The van der Waals surface area contributed by atoms with Crippen LogP contribution in [0.25, 0.3) is 0 Å². The number of nitrogens with zero attached hydrogens (tertiary/aromatic N) is 4. The third-order valence-electron chi connectivity index (χ3n) is 4.38. The molecule has 0 spiro atoms. The van der Waals surface area contributed by atoms with Crippen molar-refractivity contribution in [1.29, 1.82) is 10.5 Å². The number of hydrogen-bond donors (Lipinski definition) is 0. The van der Waals surface area contributed by atoms with Gasteiger partial charge in [0, 0.05) is 38.8 Å². The second kappa shape index (κ2) is 7.82. The van der Waals surface area contributed by atoms with Gasteiger partial charge in [-0.05, 0) is 43.5 Å². The second-order valence-electron chi connectivity index (χ2n) is 6.17. The molecule has 2 rings (SSSR count). The van der Waals surface area contributed by atoms with E-state index < -0.39 is 0 Å². The molecule has 1 aliphatic heterocycles. The Morgan fingerprint density at radius 2 is 2.18 bits per heavy atom. The van der Waals surface area contributed by atoms with Crippen LogP contribution in [0, 0.1) is 28.6 Å². The Labute approximate surface area is 133 Å². The molecule has 0 aromatic heterocycles. The molecule has 0 bridgehead atoms. The Morgan fingerprint density at radius 1 is 1.36 bits per heavy atom. The van der Waals surface area contributed by atoms with Crippen molar-refractivity contribution in [1.82, 2.24) is 4.90 Å². The van der Waals surface area contributed by atoms with E-state index in [-0.39, 0.29) is 5.92 Å². The highest BCUT2D eigenvalue weighted by molar-refractivity contribution is 5.48. The van der Waals surface area contributed by atoms with E-state index in [1.807, 2.05) is 0 Å². The number of anilines is 1. The molecule has 1 fully saturated rings. The van der Waals surface area contributed by atoms with Gasteiger partial charge in [-0.3, -0.25) is 4.90 Å². The average Bonchev–Trinajstić information content (AvgIpc) is 2.99. The maximum absolute atomic E-state index is 9.29. The highest BCUT2D eigenvalue weighted by atomic mass is 15.2. The Hall–Kier alpha value is -2.04. The minimum Gasteiger partial charge on any atom is -0.378 e. The van der Waals surface area contributed by atoms with Crippen LogP contribution < -0.4 is 4.90 Å². The van der Waals surface area contributed by atoms with Crippen molar-refractivity contribution in [3.63, 3.8) is 0 Å². The molecule has 1 aromatic carbocycles. The molecule has 1 saturated heterocycles. The van der Waals surface area contributed by atoms with Gasteiger partial charge in [0.25, 0.3) is 0 Å². The van der Waals surface area contributed by atoms with Crippen LogP contribution in [-0.2, 0) is 0 Å². The third kappa shape index (κ3) is 4.00. The standard InChI is InChI=1S/C18H24N4/c1-21(2)17-8-3-7-16(12-17)18-9-5-11-22(18)14-15(13-20)6-4-10-19/h3,7-8,12,15,18H,4-6,9,11,14H2,1-2H3/t15-,18+/m1/s1. The number of likely N-dealkylation sites (tertiary alicyclic amines) is 1. The third-order valence-corrected chi connectivity index (χ3v) is 4.38. The summed E-state index contributed by atoms with van der Waals surface area (Å²) < 4.78 is 0. The quantitative estimate of drug-likeness (QED) is 0.808. The number of rotatable bonds is 6. The first kappa shape index (κ1) is 16.3. The molecule has 0 unspecified atom stereocenters. The zero-order chi connectivity index (χ0) is 15.9. The van der Waals surface area contributed by atoms with Crippen molar-refractivity contribution >= 4 is 5.69 Å². The van der Waals surface area contributed by atoms with Crippen molar-refractivity contribution < 1.29 is 0 Å². The van der Waals surface area contributed by atoms with Crippen LogP contribution in [-0.4, -0.2) is 32.1 Å². The van der Waals surface area contributed by atoms with E-state index in [1.165, 1.54) is 17.7 Å². The lowest BCUT2D eigenvalue weighted by molar-refractivity contribution is 0.231. The monoisotopic (exact) mass is 296 g/mol. The zero-order valence-electron chi connectivity index (χ0n) is 13.5. The smallest absolute Gasteiger partial charge is 0.0669 e. The fourth-order valence-electron chi connectivity index (χ4n) is 3.15. The Bertz CT molecular complexity index is 567. The van der Waals surface area contributed by atoms with Crippen molar-refractivity contribution in [3.8, 4) is 12.1 Å². The lowest BCUT2D eigenvalue weighted by Crippen LogP contribution is -2.29. The molecule has 22 heavy (non-hydrogen) atoms. The van der Waals surface area contributed by atoms with E-state index in [1.54, 1.807) is 0 Å². The van der Waals surface area contributed by atoms with Crippen molar-refractivity contribution in [2.75, 3.05) is 32.1 Å². The molecular formula is C18H24N4. The van der Waals surface area contributed by atoms with Gasteiger partial charge in [-0.1, -0.05) is 12.1 Å². The van der Waals surface area contributed by atoms with Gasteiger partial charge in [-0.25, -0.2) is 0 Å². The van der Waals surface area contributed by atoms with Crippen LogP contribution in [0.2, 0.25) is 0 Å². The zero-order valence-corrected chi connectivity index (χ0v) is 13.5. The summed E-state index contributed by atoms with van der Waals surface area (Å²) in [5.74, 6) is -0.0442. The average molecular weight is 296 g/mol. The van der Waals surface area contributed by atoms with Crippen LogP contribution in [0.15, 0.2) is 24.3 Å². The largest absolute Gasteiger partial charge is 0.378 e. The Balaban J connectivity index is 2.09. The summed E-state index contributed by atoms with van der Waals surface area (Å²) in [6.45, 7) is 1.82. The first-order chi connectivity index (χ1) is 10.7. The van der Waals surface area contributed by atoms with E-state index in [2.05, 4.69) is 60.3 Å². The summed E-state index contributed by atoms with van der Waals surface area (Å²) in [5, 5.41) is 18.0. The summed E-state index contributed by atoms with van der Waals surface area (Å²) in [4.78, 5) is 4.54. The van der Waals surface area contributed by atoms with E-state index in [0.717, 1.165) is 19.5 Å². The van der Waals surface area contributed by atoms with Crippen LogP contribution >= 0.6 is 0 Å². The van der Waals surface area contributed by atoms with Crippen LogP contribution in [0.4, 0.5) is 5.69 Å². The topological polar surface area (TPSA) is 54.1 Å². The van der Waals surface area contributed by atoms with Gasteiger partial charge in [0.05, 0.1) is 18.1 Å². The van der Waals surface area contributed by atoms with Gasteiger partial charge in [0.2, 0.25) is 0 Å². The van der Waals surface area contributed by atoms with Crippen molar-refractivity contribution in [2.45, 2.75) is 31.7 Å². The summed E-state index contributed by atoms with van der Waals surface area (Å²) in [5.41, 5.74) is 2.55. The summed E-state index contributed by atoms with van der Waals surface area (Å²) in [6, 6.07) is 13.6. The molecule has 0 aliphatic carbocycles. The van der Waals surface area contributed by atoms with Crippen LogP contribution in [0.5, 0.6) is 0 Å². The Kier molecular flexibility index (Phi) is 5.81. The normalized spacial score (nSPS) is 19.4. The lowest BCUT2D eigenvalue weighted by Gasteiger charge is -2.27. The number of nitriles is 2. The Morgan fingerprint density at radius 3 is 2.86 bits per heavy atom. The molecule has 116 valence electrons. The molecule has 1 aromatic rings. The molecule has 0 N–H and O–H groups in total. The molecule has 2 atom stereocenters. The molecule has 0 radical (unpaired) electrons. The first-order valence-corrected chi connectivity index (χ1v) is 7.93. The van der Waals surface area contributed by atoms with Crippen LogP contribution in [0.1, 0.15) is 37.3 Å². The summed E-state index contributed by atoms with van der Waals surface area (Å²) in [7, 11) is 4.11. The molecule has 4 nitrogen and oxygen atoms in total. The summed E-state index contributed by atoms with van der Waals surface area (Å²) in [6.07, 6.45) is 3.46. The maximum Gasteiger partial charge on any atom is 0.0669 e. The minimum atomic E-state index is -0.0442. The highest BCUT2D eigenvalue weighted by Gasteiger charge is 2.28. The molecule has 1 aliphatic rings. The fraction of sp³-hybridized carbons (Fsp3) is 0.556. The SMILES string of the molecule is CN(C)c1cccc([C@@H]2CCCN2C[C@@H](C#N)CCC#N)c1. The molecular weight excluding hydrogens is 272 g/mol. The first-order valence-electron chi connectivity index (χ1n) is 7.93. The van der Waals surface area contributed by atoms with E-state index in [9.17, 15) is 5.26 Å². The fourth-order valence-corrected chi connectivity index (χ4v) is 3.15. The van der Waals surface area contributed by atoms with Gasteiger partial charge in [0.15, 0.2) is 0 Å². The van der Waals surface area contributed by atoms with Gasteiger partial charge in [-0.2, -0.15) is 10.5 Å². The lowest BCUT2D eigenvalue weighted by atomic mass is 10.0. The van der Waals surface area contributed by atoms with Gasteiger partial charge < -0.3 is 4.90 Å². The van der Waals surface area contributed by atoms with E-state index >= 15 is 0 Å². The van der Waals surface area contributed by atoms with Gasteiger partial charge >= 0.3 is 0 Å². The van der Waals surface area contributed by atoms with Crippen molar-refractivity contribution in [2.24, 2.45) is 5.92 Å². The second-order valence-corrected chi connectivity index (χ2v) is 6.17. The van der Waals surface area contributed by atoms with Gasteiger partial charge in [0.1, 0.15) is 0 Å². The molecule has 4 heteroatoms. The van der Waals surface area contributed by atoms with E-state index in [0.29, 0.717) is 18.9 Å². The molecule has 0 amide bonds. The predicted molar refractivity (Wildman–Crippen MR) is 88.3 cm³/mol. The molecule has 0 saturated carbocycles. The summed E-state index contributed by atoms with van der Waals surface area (Å²) >= 11 is 0. The maximum atomic E-state index is 9.29. The minimum absolute atomic E-state index is 0.0442. The predicted octanol–water partition coefficient (Wildman–Crippen LogP) is 3.33.